The highest BCUT2D eigenvalue weighted by molar-refractivity contribution is 6.06. The summed E-state index contributed by atoms with van der Waals surface area (Å²) in [6, 6.07) is 5.48. The molecule has 1 aromatic carbocycles. The Morgan fingerprint density at radius 2 is 1.94 bits per heavy atom. The van der Waals surface area contributed by atoms with E-state index < -0.39 is 6.04 Å². The number of imide groups is 1. The van der Waals surface area contributed by atoms with Gasteiger partial charge in [-0.05, 0) is 43.4 Å². The van der Waals surface area contributed by atoms with Crippen LogP contribution in [0.5, 0.6) is 0 Å². The molecule has 1 unspecified atom stereocenters. The average Bonchev–Trinajstić information content (AvgIpc) is 2.99. The van der Waals surface area contributed by atoms with E-state index in [1.54, 1.807) is 4.90 Å². The van der Waals surface area contributed by atoms with Crippen LogP contribution in [-0.4, -0.2) is 72.0 Å². The molecule has 3 amide bonds. The monoisotopic (exact) mass is 426 g/mol. The number of carbonyl (C=O) groups is 3. The Balaban J connectivity index is 1.41. The Bertz CT molecular complexity index is 896. The largest absolute Gasteiger partial charge is 0.381 e. The number of rotatable bonds is 3. The van der Waals surface area contributed by atoms with E-state index in [0.717, 1.165) is 75.3 Å². The van der Waals surface area contributed by atoms with Crippen LogP contribution in [0.1, 0.15) is 53.6 Å². The van der Waals surface area contributed by atoms with Gasteiger partial charge in [0.1, 0.15) is 6.04 Å². The zero-order chi connectivity index (χ0) is 21.4. The molecule has 166 valence electrons. The van der Waals surface area contributed by atoms with E-state index in [0.29, 0.717) is 13.0 Å². The van der Waals surface area contributed by atoms with E-state index in [9.17, 15) is 14.4 Å². The second kappa shape index (κ2) is 8.33. The smallest absolute Gasteiger partial charge is 0.255 e. The van der Waals surface area contributed by atoms with Crippen LogP contribution in [0.25, 0.3) is 0 Å². The number of fused-ring (bicyclic) bond motifs is 1. The standard InChI is InChI=1S/C23H30N4O4/c28-19-5-4-18(21(29)25-19)27-15-17-3-1-2-16(20(17)22(27)30)14-26-11-10-24-9-6-23(26)7-12-31-13-8-23/h1-3,18,24H,4-15H2,(H,25,28,29). The second-order valence-corrected chi connectivity index (χ2v) is 9.11. The lowest BCUT2D eigenvalue weighted by Crippen LogP contribution is -2.53. The quantitative estimate of drug-likeness (QED) is 0.695. The van der Waals surface area contributed by atoms with Crippen molar-refractivity contribution >= 4 is 17.7 Å². The molecule has 1 spiro atoms. The van der Waals surface area contributed by atoms with Crippen LogP contribution in [0.15, 0.2) is 18.2 Å². The van der Waals surface area contributed by atoms with Crippen LogP contribution in [0, 0.1) is 0 Å². The van der Waals surface area contributed by atoms with Gasteiger partial charge in [0, 0.05) is 56.9 Å². The van der Waals surface area contributed by atoms with Crippen molar-refractivity contribution in [2.24, 2.45) is 0 Å². The second-order valence-electron chi connectivity index (χ2n) is 9.11. The van der Waals surface area contributed by atoms with Crippen molar-refractivity contribution in [3.63, 3.8) is 0 Å². The summed E-state index contributed by atoms with van der Waals surface area (Å²) in [7, 11) is 0. The molecule has 5 rings (SSSR count). The van der Waals surface area contributed by atoms with E-state index in [1.165, 1.54) is 0 Å². The molecule has 1 atom stereocenters. The summed E-state index contributed by atoms with van der Waals surface area (Å²) in [5, 5.41) is 5.91. The van der Waals surface area contributed by atoms with Gasteiger partial charge in [-0.15, -0.1) is 0 Å². The Hall–Kier alpha value is -2.29. The summed E-state index contributed by atoms with van der Waals surface area (Å²) in [5.74, 6) is -0.713. The molecule has 31 heavy (non-hydrogen) atoms. The minimum Gasteiger partial charge on any atom is -0.381 e. The van der Waals surface area contributed by atoms with Crippen molar-refractivity contribution < 1.29 is 19.1 Å². The maximum absolute atomic E-state index is 13.4. The molecule has 1 aromatic rings. The molecule has 0 radical (unpaired) electrons. The third-order valence-electron chi connectivity index (χ3n) is 7.42. The zero-order valence-electron chi connectivity index (χ0n) is 17.8. The molecular weight excluding hydrogens is 396 g/mol. The lowest BCUT2D eigenvalue weighted by Gasteiger charge is -2.45. The van der Waals surface area contributed by atoms with Crippen molar-refractivity contribution in [3.8, 4) is 0 Å². The predicted octanol–water partition coefficient (Wildman–Crippen LogP) is 0.792. The molecule has 3 fully saturated rings. The molecule has 2 N–H and O–H groups in total. The van der Waals surface area contributed by atoms with Gasteiger partial charge in [-0.25, -0.2) is 0 Å². The highest BCUT2D eigenvalue weighted by Crippen LogP contribution is 2.36. The fraction of sp³-hybridized carbons (Fsp3) is 0.609. The Morgan fingerprint density at radius 3 is 2.74 bits per heavy atom. The minimum atomic E-state index is -0.574. The number of piperidine rings is 1. The van der Waals surface area contributed by atoms with Gasteiger partial charge in [0.25, 0.3) is 5.91 Å². The summed E-state index contributed by atoms with van der Waals surface area (Å²) in [4.78, 5) is 41.5. The molecule has 0 bridgehead atoms. The van der Waals surface area contributed by atoms with Crippen molar-refractivity contribution in [1.82, 2.24) is 20.4 Å². The van der Waals surface area contributed by atoms with Crippen molar-refractivity contribution in [3.05, 3.63) is 34.9 Å². The Kier molecular flexibility index (Phi) is 5.54. The molecule has 8 heteroatoms. The first-order chi connectivity index (χ1) is 15.1. The Morgan fingerprint density at radius 1 is 1.10 bits per heavy atom. The van der Waals surface area contributed by atoms with Gasteiger partial charge in [0.2, 0.25) is 11.8 Å². The summed E-state index contributed by atoms with van der Waals surface area (Å²) in [6.45, 7) is 5.60. The maximum Gasteiger partial charge on any atom is 0.255 e. The first kappa shape index (κ1) is 20.6. The van der Waals surface area contributed by atoms with E-state index >= 15 is 0 Å². The number of amides is 3. The molecule has 3 saturated heterocycles. The molecule has 0 aromatic heterocycles. The fourth-order valence-electron chi connectivity index (χ4n) is 5.65. The third-order valence-corrected chi connectivity index (χ3v) is 7.42. The van der Waals surface area contributed by atoms with Gasteiger partial charge in [0.05, 0.1) is 0 Å². The summed E-state index contributed by atoms with van der Waals surface area (Å²) in [6.07, 6.45) is 3.78. The lowest BCUT2D eigenvalue weighted by molar-refractivity contribution is -0.136. The van der Waals surface area contributed by atoms with Gasteiger partial charge < -0.3 is 15.0 Å². The summed E-state index contributed by atoms with van der Waals surface area (Å²) >= 11 is 0. The molecule has 8 nitrogen and oxygen atoms in total. The van der Waals surface area contributed by atoms with Crippen LogP contribution >= 0.6 is 0 Å². The first-order valence-corrected chi connectivity index (χ1v) is 11.4. The van der Waals surface area contributed by atoms with Crippen molar-refractivity contribution in [2.75, 3.05) is 32.8 Å². The number of carbonyl (C=O) groups excluding carboxylic acids is 3. The van der Waals surface area contributed by atoms with Crippen LogP contribution in [0.2, 0.25) is 0 Å². The zero-order valence-corrected chi connectivity index (χ0v) is 17.8. The van der Waals surface area contributed by atoms with Gasteiger partial charge in [-0.1, -0.05) is 18.2 Å². The minimum absolute atomic E-state index is 0.0888. The van der Waals surface area contributed by atoms with Crippen molar-refractivity contribution in [2.45, 2.75) is 56.8 Å². The summed E-state index contributed by atoms with van der Waals surface area (Å²) < 4.78 is 5.66. The van der Waals surface area contributed by atoms with Crippen molar-refractivity contribution in [1.29, 1.82) is 0 Å². The predicted molar refractivity (Wildman–Crippen MR) is 113 cm³/mol. The fourth-order valence-corrected chi connectivity index (χ4v) is 5.65. The van der Waals surface area contributed by atoms with Gasteiger partial charge in [0.15, 0.2) is 0 Å². The average molecular weight is 427 g/mol. The highest BCUT2D eigenvalue weighted by atomic mass is 16.5. The molecule has 4 aliphatic heterocycles. The molecule has 4 heterocycles. The van der Waals surface area contributed by atoms with Gasteiger partial charge in [-0.3, -0.25) is 24.6 Å². The maximum atomic E-state index is 13.4. The SMILES string of the molecule is O=C1CCC(N2Cc3cccc(CN4CCNCCC45CCOCC5)c3C2=O)C(=O)N1. The van der Waals surface area contributed by atoms with Crippen LogP contribution in [0.4, 0.5) is 0 Å². The lowest BCUT2D eigenvalue weighted by atomic mass is 9.84. The number of nitrogens with one attached hydrogen (secondary N) is 2. The van der Waals surface area contributed by atoms with Gasteiger partial charge >= 0.3 is 0 Å². The molecule has 4 aliphatic rings. The third kappa shape index (κ3) is 3.77. The van der Waals surface area contributed by atoms with E-state index in [1.807, 2.05) is 12.1 Å². The first-order valence-electron chi connectivity index (χ1n) is 11.4. The molecular formula is C23H30N4O4. The number of benzene rings is 1. The summed E-state index contributed by atoms with van der Waals surface area (Å²) in [5.41, 5.74) is 2.85. The Labute approximate surface area is 182 Å². The van der Waals surface area contributed by atoms with Crippen LogP contribution in [-0.2, 0) is 27.4 Å². The number of hydrogen-bond acceptors (Lipinski definition) is 6. The van der Waals surface area contributed by atoms with Crippen LogP contribution < -0.4 is 10.6 Å². The normalized spacial score (nSPS) is 26.6. The highest BCUT2D eigenvalue weighted by Gasteiger charge is 2.42. The van der Waals surface area contributed by atoms with Gasteiger partial charge in [-0.2, -0.15) is 0 Å². The number of hydrogen-bond donors (Lipinski definition) is 2. The van der Waals surface area contributed by atoms with Crippen LogP contribution in [0.3, 0.4) is 0 Å². The van der Waals surface area contributed by atoms with E-state index in [2.05, 4.69) is 21.6 Å². The number of ether oxygens (including phenoxy) is 1. The van der Waals surface area contributed by atoms with E-state index in [4.69, 9.17) is 4.74 Å². The van der Waals surface area contributed by atoms with E-state index in [-0.39, 0.29) is 29.7 Å². The molecule has 0 saturated carbocycles. The number of nitrogens with zero attached hydrogens (tertiary/aromatic N) is 2. The topological polar surface area (TPSA) is 91.0 Å². The molecule has 0 aliphatic carbocycles.